The van der Waals surface area contributed by atoms with Gasteiger partial charge in [0, 0.05) is 12.8 Å². The lowest BCUT2D eigenvalue weighted by Gasteiger charge is -2.30. The Hall–Kier alpha value is -2.87. The minimum atomic E-state index is -3.97. The first kappa shape index (κ1) is 21.8. The predicted molar refractivity (Wildman–Crippen MR) is 109 cm³/mol. The number of nitrogens with zero attached hydrogens (tertiary/aromatic N) is 1. The molecular weight excluding hydrogens is 409 g/mol. The van der Waals surface area contributed by atoms with E-state index in [0.29, 0.717) is 11.5 Å². The number of carbonyl (C=O) groups is 2. The molecule has 1 unspecified atom stereocenters. The van der Waals surface area contributed by atoms with E-state index >= 15 is 0 Å². The number of carbonyl (C=O) groups excluding carboxylic acids is 2. The number of amides is 2. The molecule has 2 amide bonds. The summed E-state index contributed by atoms with van der Waals surface area (Å²) in [6, 6.07) is 16.0. The molecule has 2 aromatic carbocycles. The summed E-state index contributed by atoms with van der Waals surface area (Å²) >= 11 is 0. The van der Waals surface area contributed by atoms with Crippen molar-refractivity contribution in [2.45, 2.75) is 31.1 Å². The molecule has 1 saturated heterocycles. The Bertz CT molecular complexity index is 866. The lowest BCUT2D eigenvalue weighted by atomic mass is 10.1. The summed E-state index contributed by atoms with van der Waals surface area (Å²) in [5.74, 6) is -1.54. The van der Waals surface area contributed by atoms with Gasteiger partial charge in [0.15, 0.2) is 5.78 Å². The number of para-hydroxylation sites is 2. The standard InChI is InChI=1S/C20H24N3O6P/c21-17(11-12-18(22)24)20(25)23-19(13-14-27-23)30(26,28-15-7-3-1-4-8-15)29-16-9-5-2-6-10-16/h1-10,17,19H,11-14,21H2,(H2,22,24)/t17-,19?/m0/s1. The number of hydroxylamine groups is 2. The molecule has 4 N–H and O–H groups in total. The van der Waals surface area contributed by atoms with E-state index in [0.717, 1.165) is 5.06 Å². The highest BCUT2D eigenvalue weighted by Gasteiger charge is 2.50. The van der Waals surface area contributed by atoms with Crippen LogP contribution in [0.25, 0.3) is 0 Å². The van der Waals surface area contributed by atoms with Crippen LogP contribution in [0.3, 0.4) is 0 Å². The maximum atomic E-state index is 13.9. The molecule has 2 atom stereocenters. The normalized spacial score (nSPS) is 17.4. The van der Waals surface area contributed by atoms with Crippen molar-refractivity contribution in [1.29, 1.82) is 0 Å². The van der Waals surface area contributed by atoms with Gasteiger partial charge in [-0.1, -0.05) is 36.4 Å². The second-order valence-corrected chi connectivity index (χ2v) is 8.77. The Morgan fingerprint density at radius 3 is 2.10 bits per heavy atom. The molecule has 1 heterocycles. The minimum absolute atomic E-state index is 0.0458. The summed E-state index contributed by atoms with van der Waals surface area (Å²) < 4.78 is 25.5. The van der Waals surface area contributed by atoms with Crippen molar-refractivity contribution >= 4 is 19.4 Å². The lowest BCUT2D eigenvalue weighted by molar-refractivity contribution is -0.174. The first-order valence-electron chi connectivity index (χ1n) is 9.48. The zero-order valence-corrected chi connectivity index (χ0v) is 17.1. The number of rotatable bonds is 9. The summed E-state index contributed by atoms with van der Waals surface area (Å²) in [6.45, 7) is 0.138. The zero-order chi connectivity index (χ0) is 21.6. The zero-order valence-electron chi connectivity index (χ0n) is 16.3. The summed E-state index contributed by atoms with van der Waals surface area (Å²) in [4.78, 5) is 29.2. The average Bonchev–Trinajstić information content (AvgIpc) is 3.23. The summed E-state index contributed by atoms with van der Waals surface area (Å²) in [5, 5.41) is 0.957. The molecule has 3 rings (SSSR count). The van der Waals surface area contributed by atoms with E-state index in [4.69, 9.17) is 25.4 Å². The van der Waals surface area contributed by atoms with Crippen LogP contribution in [0.4, 0.5) is 0 Å². The van der Waals surface area contributed by atoms with Crippen molar-refractivity contribution in [3.05, 3.63) is 60.7 Å². The molecule has 1 aliphatic rings. The molecule has 2 aromatic rings. The van der Waals surface area contributed by atoms with Gasteiger partial charge in [0.25, 0.3) is 5.91 Å². The second-order valence-electron chi connectivity index (χ2n) is 6.73. The number of benzene rings is 2. The van der Waals surface area contributed by atoms with E-state index in [2.05, 4.69) is 0 Å². The van der Waals surface area contributed by atoms with Crippen molar-refractivity contribution in [2.24, 2.45) is 11.5 Å². The van der Waals surface area contributed by atoms with Gasteiger partial charge in [-0.05, 0) is 30.7 Å². The van der Waals surface area contributed by atoms with Crippen molar-refractivity contribution in [3.8, 4) is 11.5 Å². The van der Waals surface area contributed by atoms with Gasteiger partial charge in [0.05, 0.1) is 12.6 Å². The number of hydrogen-bond donors (Lipinski definition) is 2. The average molecular weight is 433 g/mol. The summed E-state index contributed by atoms with van der Waals surface area (Å²) in [5.41, 5.74) is 11.0. The van der Waals surface area contributed by atoms with Crippen LogP contribution >= 0.6 is 7.60 Å². The molecule has 1 aliphatic heterocycles. The Labute approximate surface area is 174 Å². The van der Waals surface area contributed by atoms with Gasteiger partial charge in [-0.25, -0.2) is 9.63 Å². The lowest BCUT2D eigenvalue weighted by Crippen LogP contribution is -2.46. The molecule has 9 nitrogen and oxygen atoms in total. The molecule has 30 heavy (non-hydrogen) atoms. The third-order valence-electron chi connectivity index (χ3n) is 4.43. The Balaban J connectivity index is 1.86. The van der Waals surface area contributed by atoms with Gasteiger partial charge in [0.2, 0.25) is 5.91 Å². The van der Waals surface area contributed by atoms with Crippen LogP contribution in [-0.2, 0) is 19.0 Å². The van der Waals surface area contributed by atoms with Crippen LogP contribution in [0.1, 0.15) is 19.3 Å². The summed E-state index contributed by atoms with van der Waals surface area (Å²) in [7, 11) is -3.97. The highest BCUT2D eigenvalue weighted by atomic mass is 31.2. The topological polar surface area (TPSA) is 134 Å². The maximum absolute atomic E-state index is 13.9. The van der Waals surface area contributed by atoms with Crippen molar-refractivity contribution < 1.29 is 28.0 Å². The summed E-state index contributed by atoms with van der Waals surface area (Å²) in [6.07, 6.45) is 0.222. The van der Waals surface area contributed by atoms with E-state index in [-0.39, 0.29) is 25.9 Å². The minimum Gasteiger partial charge on any atom is -0.415 e. The fraction of sp³-hybridized carbons (Fsp3) is 0.300. The first-order valence-corrected chi connectivity index (χ1v) is 11.1. The molecule has 1 fully saturated rings. The van der Waals surface area contributed by atoms with Crippen LogP contribution in [0.5, 0.6) is 11.5 Å². The third-order valence-corrected chi connectivity index (χ3v) is 6.56. The molecule has 0 radical (unpaired) electrons. The van der Waals surface area contributed by atoms with Crippen LogP contribution in [-0.4, -0.2) is 35.3 Å². The predicted octanol–water partition coefficient (Wildman–Crippen LogP) is 2.42. The van der Waals surface area contributed by atoms with Gasteiger partial charge in [0.1, 0.15) is 11.5 Å². The van der Waals surface area contributed by atoms with Gasteiger partial charge < -0.3 is 20.5 Å². The third kappa shape index (κ3) is 5.38. The molecule has 0 saturated carbocycles. The van der Waals surface area contributed by atoms with E-state index in [1.807, 2.05) is 0 Å². The van der Waals surface area contributed by atoms with Crippen LogP contribution in [0.2, 0.25) is 0 Å². The fourth-order valence-electron chi connectivity index (χ4n) is 2.94. The largest absolute Gasteiger partial charge is 0.455 e. The van der Waals surface area contributed by atoms with Crippen molar-refractivity contribution in [1.82, 2.24) is 5.06 Å². The second kappa shape index (κ2) is 9.75. The number of primary amides is 1. The molecule has 10 heteroatoms. The highest BCUT2D eigenvalue weighted by Crippen LogP contribution is 2.56. The Morgan fingerprint density at radius 1 is 1.07 bits per heavy atom. The molecule has 160 valence electrons. The maximum Gasteiger partial charge on any atom is 0.455 e. The molecule has 0 spiro atoms. The number of hydrogen-bond acceptors (Lipinski definition) is 7. The molecule has 0 aliphatic carbocycles. The Kier molecular flexibility index (Phi) is 7.10. The Morgan fingerprint density at radius 2 is 1.60 bits per heavy atom. The number of nitrogens with two attached hydrogens (primary N) is 2. The van der Waals surface area contributed by atoms with E-state index in [1.54, 1.807) is 60.7 Å². The quantitative estimate of drug-likeness (QED) is 0.580. The smallest absolute Gasteiger partial charge is 0.415 e. The van der Waals surface area contributed by atoms with Crippen LogP contribution in [0.15, 0.2) is 60.7 Å². The van der Waals surface area contributed by atoms with Crippen molar-refractivity contribution in [2.75, 3.05) is 6.61 Å². The SMILES string of the molecule is NC(=O)CC[C@H](N)C(=O)N1OCCC1P(=O)(Oc1ccccc1)Oc1ccccc1. The molecular formula is C20H24N3O6P. The van der Waals surface area contributed by atoms with E-state index in [1.165, 1.54) is 0 Å². The van der Waals surface area contributed by atoms with Crippen LogP contribution in [0, 0.1) is 0 Å². The molecule has 0 aromatic heterocycles. The van der Waals surface area contributed by atoms with E-state index < -0.39 is 31.2 Å². The fourth-order valence-corrected chi connectivity index (χ4v) is 4.91. The van der Waals surface area contributed by atoms with Crippen molar-refractivity contribution in [3.63, 3.8) is 0 Å². The first-order chi connectivity index (χ1) is 14.4. The van der Waals surface area contributed by atoms with Crippen LogP contribution < -0.4 is 20.5 Å². The van der Waals surface area contributed by atoms with Gasteiger partial charge in [-0.2, -0.15) is 0 Å². The monoisotopic (exact) mass is 433 g/mol. The molecule has 0 bridgehead atoms. The van der Waals surface area contributed by atoms with Gasteiger partial charge >= 0.3 is 7.60 Å². The highest BCUT2D eigenvalue weighted by molar-refractivity contribution is 7.55. The van der Waals surface area contributed by atoms with Gasteiger partial charge in [-0.15, -0.1) is 0 Å². The van der Waals surface area contributed by atoms with Gasteiger partial charge in [-0.3, -0.25) is 14.4 Å². The van der Waals surface area contributed by atoms with E-state index in [9.17, 15) is 14.2 Å².